The standard InChI is InChI=1S/C13H22N4O/c1-6-13(3,4)17(5)12(18)10-8-16-11(9-15-10)14-7-2/h8-9H,6-7H2,1-5H3,(H,14,16). The van der Waals surface area contributed by atoms with Crippen LogP contribution in [0, 0.1) is 0 Å². The first-order chi connectivity index (χ1) is 8.42. The zero-order valence-electron chi connectivity index (χ0n) is 11.8. The molecule has 5 nitrogen and oxygen atoms in total. The fourth-order valence-electron chi connectivity index (χ4n) is 1.39. The van der Waals surface area contributed by atoms with Gasteiger partial charge in [-0.1, -0.05) is 6.92 Å². The van der Waals surface area contributed by atoms with Crippen LogP contribution < -0.4 is 5.32 Å². The summed E-state index contributed by atoms with van der Waals surface area (Å²) in [4.78, 5) is 22.2. The molecule has 0 radical (unpaired) electrons. The number of amides is 1. The molecule has 1 aromatic rings. The summed E-state index contributed by atoms with van der Waals surface area (Å²) in [7, 11) is 1.80. The van der Waals surface area contributed by atoms with Crippen LogP contribution in [0.2, 0.25) is 0 Å². The summed E-state index contributed by atoms with van der Waals surface area (Å²) in [5.74, 6) is 0.587. The van der Waals surface area contributed by atoms with E-state index in [0.29, 0.717) is 11.5 Å². The summed E-state index contributed by atoms with van der Waals surface area (Å²) in [6, 6.07) is 0. The Labute approximate surface area is 109 Å². The highest BCUT2D eigenvalue weighted by atomic mass is 16.2. The molecule has 0 aliphatic rings. The number of carbonyl (C=O) groups excluding carboxylic acids is 1. The van der Waals surface area contributed by atoms with Crippen molar-refractivity contribution in [2.24, 2.45) is 0 Å². The number of hydrogen-bond acceptors (Lipinski definition) is 4. The van der Waals surface area contributed by atoms with Crippen LogP contribution >= 0.6 is 0 Å². The smallest absolute Gasteiger partial charge is 0.274 e. The predicted molar refractivity (Wildman–Crippen MR) is 72.7 cm³/mol. The Morgan fingerprint density at radius 3 is 2.44 bits per heavy atom. The van der Waals surface area contributed by atoms with Crippen LogP contribution in [0.25, 0.3) is 0 Å². The molecule has 0 saturated heterocycles. The molecule has 5 heteroatoms. The molecular formula is C13H22N4O. The van der Waals surface area contributed by atoms with Crippen molar-refractivity contribution in [1.82, 2.24) is 14.9 Å². The largest absolute Gasteiger partial charge is 0.369 e. The monoisotopic (exact) mass is 250 g/mol. The number of aromatic nitrogens is 2. The molecular weight excluding hydrogens is 228 g/mol. The lowest BCUT2D eigenvalue weighted by molar-refractivity contribution is 0.0613. The molecule has 0 unspecified atom stereocenters. The van der Waals surface area contributed by atoms with E-state index in [1.807, 2.05) is 20.8 Å². The Balaban J connectivity index is 2.84. The third-order valence-electron chi connectivity index (χ3n) is 3.31. The van der Waals surface area contributed by atoms with Gasteiger partial charge in [0.15, 0.2) is 0 Å². The van der Waals surface area contributed by atoms with Crippen LogP contribution in [0.15, 0.2) is 12.4 Å². The Kier molecular flexibility index (Phi) is 4.64. The van der Waals surface area contributed by atoms with Gasteiger partial charge in [-0.25, -0.2) is 9.97 Å². The first-order valence-electron chi connectivity index (χ1n) is 6.26. The van der Waals surface area contributed by atoms with Crippen molar-refractivity contribution in [3.63, 3.8) is 0 Å². The average Bonchev–Trinajstić information content (AvgIpc) is 2.38. The van der Waals surface area contributed by atoms with E-state index >= 15 is 0 Å². The maximum Gasteiger partial charge on any atom is 0.274 e. The van der Waals surface area contributed by atoms with Crippen molar-refractivity contribution in [3.05, 3.63) is 18.1 Å². The molecule has 1 aromatic heterocycles. The van der Waals surface area contributed by atoms with Crippen LogP contribution in [0.1, 0.15) is 44.6 Å². The molecule has 1 rings (SSSR count). The van der Waals surface area contributed by atoms with Gasteiger partial charge < -0.3 is 10.2 Å². The van der Waals surface area contributed by atoms with Crippen LogP contribution in [0.4, 0.5) is 5.82 Å². The summed E-state index contributed by atoms with van der Waals surface area (Å²) < 4.78 is 0. The summed E-state index contributed by atoms with van der Waals surface area (Å²) >= 11 is 0. The SMILES string of the molecule is CCNc1cnc(C(=O)N(C)C(C)(C)CC)cn1. The van der Waals surface area contributed by atoms with Gasteiger partial charge in [0.25, 0.3) is 5.91 Å². The molecule has 18 heavy (non-hydrogen) atoms. The molecule has 0 spiro atoms. The number of rotatable bonds is 5. The van der Waals surface area contributed by atoms with Gasteiger partial charge in [-0.3, -0.25) is 4.79 Å². The highest BCUT2D eigenvalue weighted by molar-refractivity contribution is 5.92. The quantitative estimate of drug-likeness (QED) is 0.870. The predicted octanol–water partition coefficient (Wildman–Crippen LogP) is 2.17. The van der Waals surface area contributed by atoms with E-state index in [-0.39, 0.29) is 11.4 Å². The van der Waals surface area contributed by atoms with Crippen molar-refractivity contribution in [1.29, 1.82) is 0 Å². The van der Waals surface area contributed by atoms with E-state index in [9.17, 15) is 4.79 Å². The van der Waals surface area contributed by atoms with Gasteiger partial charge in [-0.2, -0.15) is 0 Å². The second-order valence-corrected chi connectivity index (χ2v) is 4.85. The Morgan fingerprint density at radius 2 is 2.00 bits per heavy atom. The van der Waals surface area contributed by atoms with E-state index in [1.165, 1.54) is 6.20 Å². The summed E-state index contributed by atoms with van der Waals surface area (Å²) in [6.45, 7) is 8.89. The first-order valence-corrected chi connectivity index (χ1v) is 6.26. The van der Waals surface area contributed by atoms with Crippen molar-refractivity contribution in [3.8, 4) is 0 Å². The lowest BCUT2D eigenvalue weighted by atomic mass is 10.00. The molecule has 1 heterocycles. The maximum atomic E-state index is 12.2. The van der Waals surface area contributed by atoms with Gasteiger partial charge >= 0.3 is 0 Å². The number of carbonyl (C=O) groups is 1. The number of hydrogen-bond donors (Lipinski definition) is 1. The third kappa shape index (κ3) is 3.18. The van der Waals surface area contributed by atoms with Crippen LogP contribution in [-0.4, -0.2) is 39.9 Å². The molecule has 0 aliphatic carbocycles. The van der Waals surface area contributed by atoms with Crippen molar-refractivity contribution < 1.29 is 4.79 Å². The Hall–Kier alpha value is -1.65. The molecule has 1 amide bonds. The molecule has 0 aliphatic heterocycles. The maximum absolute atomic E-state index is 12.2. The third-order valence-corrected chi connectivity index (χ3v) is 3.31. The molecule has 0 fully saturated rings. The van der Waals surface area contributed by atoms with Crippen molar-refractivity contribution in [2.45, 2.75) is 39.7 Å². The number of nitrogens with zero attached hydrogens (tertiary/aromatic N) is 3. The minimum atomic E-state index is -0.181. The molecule has 0 bridgehead atoms. The lowest BCUT2D eigenvalue weighted by Crippen LogP contribution is -2.44. The van der Waals surface area contributed by atoms with Gasteiger partial charge in [-0.05, 0) is 27.2 Å². The average molecular weight is 250 g/mol. The second-order valence-electron chi connectivity index (χ2n) is 4.85. The molecule has 1 N–H and O–H groups in total. The van der Waals surface area contributed by atoms with E-state index in [0.717, 1.165) is 13.0 Å². The van der Waals surface area contributed by atoms with Gasteiger partial charge in [0, 0.05) is 19.1 Å². The zero-order chi connectivity index (χ0) is 13.8. The molecule has 0 aromatic carbocycles. The summed E-state index contributed by atoms with van der Waals surface area (Å²) in [5, 5.41) is 3.05. The van der Waals surface area contributed by atoms with Gasteiger partial charge in [0.2, 0.25) is 0 Å². The number of anilines is 1. The molecule has 0 atom stereocenters. The van der Waals surface area contributed by atoms with Gasteiger partial charge in [-0.15, -0.1) is 0 Å². The minimum absolute atomic E-state index is 0.0996. The van der Waals surface area contributed by atoms with E-state index < -0.39 is 0 Å². The van der Waals surface area contributed by atoms with Gasteiger partial charge in [0.05, 0.1) is 12.4 Å². The van der Waals surface area contributed by atoms with E-state index in [1.54, 1.807) is 18.1 Å². The topological polar surface area (TPSA) is 58.1 Å². The highest BCUT2D eigenvalue weighted by Crippen LogP contribution is 2.18. The first kappa shape index (κ1) is 14.4. The van der Waals surface area contributed by atoms with Gasteiger partial charge in [0.1, 0.15) is 11.5 Å². The second kappa shape index (κ2) is 5.80. The zero-order valence-corrected chi connectivity index (χ0v) is 11.8. The van der Waals surface area contributed by atoms with Crippen molar-refractivity contribution in [2.75, 3.05) is 18.9 Å². The fraction of sp³-hybridized carbons (Fsp3) is 0.615. The van der Waals surface area contributed by atoms with Crippen molar-refractivity contribution >= 4 is 11.7 Å². The van der Waals surface area contributed by atoms with E-state index in [4.69, 9.17) is 0 Å². The Bertz CT molecular complexity index is 400. The Morgan fingerprint density at radius 1 is 1.33 bits per heavy atom. The van der Waals surface area contributed by atoms with E-state index in [2.05, 4.69) is 22.2 Å². The fourth-order valence-corrected chi connectivity index (χ4v) is 1.39. The summed E-state index contributed by atoms with van der Waals surface area (Å²) in [6.07, 6.45) is 3.99. The molecule has 0 saturated carbocycles. The molecule has 100 valence electrons. The van der Waals surface area contributed by atoms with Crippen LogP contribution in [0.3, 0.4) is 0 Å². The normalized spacial score (nSPS) is 11.2. The van der Waals surface area contributed by atoms with Crippen LogP contribution in [0.5, 0.6) is 0 Å². The minimum Gasteiger partial charge on any atom is -0.369 e. The highest BCUT2D eigenvalue weighted by Gasteiger charge is 2.27. The summed E-state index contributed by atoms with van der Waals surface area (Å²) in [5.41, 5.74) is 0.194. The van der Waals surface area contributed by atoms with Crippen LogP contribution in [-0.2, 0) is 0 Å². The lowest BCUT2D eigenvalue weighted by Gasteiger charge is -2.34. The number of nitrogens with one attached hydrogen (secondary N) is 1.